The lowest BCUT2D eigenvalue weighted by atomic mass is 9.91. The van der Waals surface area contributed by atoms with Crippen molar-refractivity contribution in [2.24, 2.45) is 5.41 Å². The molecule has 0 unspecified atom stereocenters. The number of carbonyl (C=O) groups excluding carboxylic acids is 2. The number of hydrogen-bond donors (Lipinski definition) is 0. The first-order valence-corrected chi connectivity index (χ1v) is 4.61. The summed E-state index contributed by atoms with van der Waals surface area (Å²) in [6.45, 7) is 5.98. The van der Waals surface area contributed by atoms with Crippen molar-refractivity contribution in [1.29, 1.82) is 0 Å². The van der Waals surface area contributed by atoms with E-state index in [2.05, 4.69) is 0 Å². The third-order valence-electron chi connectivity index (χ3n) is 1.64. The van der Waals surface area contributed by atoms with E-state index in [0.717, 1.165) is 0 Å². The Labute approximate surface area is 85.2 Å². The smallest absolute Gasteiger partial charge is 0.375 e. The SMILES string of the molecule is CN(C)CCOC(=O)C(=O)C(C)(C)C. The summed E-state index contributed by atoms with van der Waals surface area (Å²) in [6, 6.07) is 0. The van der Waals surface area contributed by atoms with Gasteiger partial charge in [0.2, 0.25) is 5.78 Å². The predicted octanol–water partition coefficient (Wildman–Crippen LogP) is 0.706. The van der Waals surface area contributed by atoms with Gasteiger partial charge in [-0.1, -0.05) is 20.8 Å². The fourth-order valence-electron chi connectivity index (χ4n) is 0.693. The van der Waals surface area contributed by atoms with E-state index >= 15 is 0 Å². The van der Waals surface area contributed by atoms with Gasteiger partial charge in [0, 0.05) is 12.0 Å². The van der Waals surface area contributed by atoms with Crippen LogP contribution in [-0.4, -0.2) is 43.9 Å². The number of rotatable bonds is 4. The number of ether oxygens (including phenoxy) is 1. The molecule has 4 nitrogen and oxygen atoms in total. The molecule has 0 amide bonds. The maximum Gasteiger partial charge on any atom is 0.375 e. The number of Topliss-reactive ketones (excluding diaryl/α,β-unsaturated/α-hetero) is 1. The molecule has 0 radical (unpaired) electrons. The highest BCUT2D eigenvalue weighted by atomic mass is 16.5. The molecule has 0 rings (SSSR count). The molecule has 4 heteroatoms. The zero-order valence-corrected chi connectivity index (χ0v) is 9.59. The van der Waals surface area contributed by atoms with Crippen LogP contribution in [0.15, 0.2) is 0 Å². The van der Waals surface area contributed by atoms with E-state index in [-0.39, 0.29) is 6.61 Å². The zero-order chi connectivity index (χ0) is 11.4. The van der Waals surface area contributed by atoms with Crippen LogP contribution in [0.25, 0.3) is 0 Å². The number of esters is 1. The van der Waals surface area contributed by atoms with E-state index in [0.29, 0.717) is 6.54 Å². The van der Waals surface area contributed by atoms with E-state index < -0.39 is 17.2 Å². The molecule has 0 heterocycles. The molecule has 0 aliphatic carbocycles. The molecule has 0 spiro atoms. The Morgan fingerprint density at radius 3 is 2.07 bits per heavy atom. The molecular weight excluding hydrogens is 182 g/mol. The van der Waals surface area contributed by atoms with Gasteiger partial charge in [0.1, 0.15) is 6.61 Å². The van der Waals surface area contributed by atoms with Gasteiger partial charge in [-0.15, -0.1) is 0 Å². The van der Waals surface area contributed by atoms with Gasteiger partial charge < -0.3 is 9.64 Å². The quantitative estimate of drug-likeness (QED) is 0.496. The Bertz CT molecular complexity index is 216. The minimum atomic E-state index is -0.737. The maximum absolute atomic E-state index is 11.4. The van der Waals surface area contributed by atoms with Gasteiger partial charge in [0.05, 0.1) is 0 Å². The van der Waals surface area contributed by atoms with Crippen LogP contribution in [-0.2, 0) is 14.3 Å². The Morgan fingerprint density at radius 2 is 1.71 bits per heavy atom. The van der Waals surface area contributed by atoms with Crippen molar-refractivity contribution in [3.8, 4) is 0 Å². The van der Waals surface area contributed by atoms with E-state index in [1.165, 1.54) is 0 Å². The molecule has 0 aromatic heterocycles. The van der Waals surface area contributed by atoms with Crippen molar-refractivity contribution in [1.82, 2.24) is 4.90 Å². The lowest BCUT2D eigenvalue weighted by Gasteiger charge is -2.15. The van der Waals surface area contributed by atoms with Crippen LogP contribution in [0, 0.1) is 5.41 Å². The summed E-state index contributed by atoms with van der Waals surface area (Å²) in [5.74, 6) is -1.21. The summed E-state index contributed by atoms with van der Waals surface area (Å²) in [4.78, 5) is 24.4. The minimum absolute atomic E-state index is 0.258. The van der Waals surface area contributed by atoms with Gasteiger partial charge in [0.25, 0.3) is 0 Å². The summed E-state index contributed by atoms with van der Waals surface area (Å²) < 4.78 is 4.81. The molecule has 82 valence electrons. The third kappa shape index (κ3) is 4.97. The van der Waals surface area contributed by atoms with Gasteiger partial charge in [-0.2, -0.15) is 0 Å². The van der Waals surface area contributed by atoms with Crippen molar-refractivity contribution < 1.29 is 14.3 Å². The average Bonchev–Trinajstić information content (AvgIpc) is 2.00. The number of likely N-dealkylation sites (N-methyl/N-ethyl adjacent to an activating group) is 1. The standard InChI is InChI=1S/C10H19NO3/c1-10(2,3)8(12)9(13)14-7-6-11(4)5/h6-7H2,1-5H3. The second-order valence-corrected chi connectivity index (χ2v) is 4.52. The van der Waals surface area contributed by atoms with E-state index in [4.69, 9.17) is 4.74 Å². The highest BCUT2D eigenvalue weighted by Crippen LogP contribution is 2.14. The van der Waals surface area contributed by atoms with Crippen LogP contribution in [0.4, 0.5) is 0 Å². The Morgan fingerprint density at radius 1 is 1.21 bits per heavy atom. The van der Waals surface area contributed by atoms with Gasteiger partial charge >= 0.3 is 5.97 Å². The normalized spacial score (nSPS) is 11.6. The van der Waals surface area contributed by atoms with Crippen molar-refractivity contribution in [2.45, 2.75) is 20.8 Å². The molecule has 0 saturated carbocycles. The molecule has 0 aromatic rings. The number of carbonyl (C=O) groups is 2. The summed E-state index contributed by atoms with van der Waals surface area (Å²) in [7, 11) is 3.75. The molecule has 0 aliphatic rings. The van der Waals surface area contributed by atoms with Gasteiger partial charge in [-0.25, -0.2) is 4.79 Å². The zero-order valence-electron chi connectivity index (χ0n) is 9.59. The fraction of sp³-hybridized carbons (Fsp3) is 0.800. The maximum atomic E-state index is 11.4. The van der Waals surface area contributed by atoms with Crippen molar-refractivity contribution >= 4 is 11.8 Å². The summed E-state index contributed by atoms with van der Waals surface area (Å²) in [5, 5.41) is 0. The van der Waals surface area contributed by atoms with Gasteiger partial charge in [-0.05, 0) is 14.1 Å². The van der Waals surface area contributed by atoms with Crippen LogP contribution in [0.2, 0.25) is 0 Å². The van der Waals surface area contributed by atoms with E-state index in [1.54, 1.807) is 20.8 Å². The summed E-state index contributed by atoms with van der Waals surface area (Å²) >= 11 is 0. The molecular formula is C10H19NO3. The minimum Gasteiger partial charge on any atom is -0.459 e. The monoisotopic (exact) mass is 201 g/mol. The molecule has 0 aromatic carbocycles. The Balaban J connectivity index is 3.93. The first-order chi connectivity index (χ1) is 6.25. The first kappa shape index (κ1) is 13.1. The average molecular weight is 201 g/mol. The number of ketones is 1. The van der Waals surface area contributed by atoms with Crippen LogP contribution in [0.3, 0.4) is 0 Å². The fourth-order valence-corrected chi connectivity index (χ4v) is 0.693. The highest BCUT2D eigenvalue weighted by Gasteiger charge is 2.29. The predicted molar refractivity (Wildman–Crippen MR) is 54.0 cm³/mol. The topological polar surface area (TPSA) is 46.6 Å². The molecule has 0 fully saturated rings. The number of hydrogen-bond acceptors (Lipinski definition) is 4. The van der Waals surface area contributed by atoms with E-state index in [1.807, 2.05) is 19.0 Å². The number of nitrogens with zero attached hydrogens (tertiary/aromatic N) is 1. The van der Waals surface area contributed by atoms with Crippen molar-refractivity contribution in [2.75, 3.05) is 27.2 Å². The van der Waals surface area contributed by atoms with Crippen molar-refractivity contribution in [3.05, 3.63) is 0 Å². The van der Waals surface area contributed by atoms with Crippen LogP contribution in [0.5, 0.6) is 0 Å². The molecule has 0 aliphatic heterocycles. The van der Waals surface area contributed by atoms with Gasteiger partial charge in [-0.3, -0.25) is 4.79 Å². The molecule has 14 heavy (non-hydrogen) atoms. The lowest BCUT2D eigenvalue weighted by Crippen LogP contribution is -2.31. The van der Waals surface area contributed by atoms with Crippen LogP contribution >= 0.6 is 0 Å². The Hall–Kier alpha value is -0.900. The van der Waals surface area contributed by atoms with Crippen LogP contribution < -0.4 is 0 Å². The molecule has 0 N–H and O–H groups in total. The lowest BCUT2D eigenvalue weighted by molar-refractivity contribution is -0.157. The second kappa shape index (κ2) is 5.10. The molecule has 0 bridgehead atoms. The van der Waals surface area contributed by atoms with Gasteiger partial charge in [0.15, 0.2) is 0 Å². The second-order valence-electron chi connectivity index (χ2n) is 4.52. The van der Waals surface area contributed by atoms with Crippen molar-refractivity contribution in [3.63, 3.8) is 0 Å². The summed E-state index contributed by atoms with van der Waals surface area (Å²) in [5.41, 5.74) is -0.658. The first-order valence-electron chi connectivity index (χ1n) is 4.61. The van der Waals surface area contributed by atoms with E-state index in [9.17, 15) is 9.59 Å². The largest absolute Gasteiger partial charge is 0.459 e. The molecule has 0 saturated heterocycles. The molecule has 0 atom stereocenters. The van der Waals surface area contributed by atoms with Crippen LogP contribution in [0.1, 0.15) is 20.8 Å². The highest BCUT2D eigenvalue weighted by molar-refractivity contribution is 6.35. The Kier molecular flexibility index (Phi) is 4.77. The summed E-state index contributed by atoms with van der Waals surface area (Å²) in [6.07, 6.45) is 0. The third-order valence-corrected chi connectivity index (χ3v) is 1.64.